The molecule has 0 aliphatic heterocycles. The van der Waals surface area contributed by atoms with Gasteiger partial charge in [-0.05, 0) is 43.3 Å². The number of ether oxygens (including phenoxy) is 1. The van der Waals surface area contributed by atoms with Crippen molar-refractivity contribution in [2.45, 2.75) is 6.92 Å². The smallest absolute Gasteiger partial charge is 0.255 e. The molecule has 2 aromatic carbocycles. The van der Waals surface area contributed by atoms with Crippen molar-refractivity contribution in [3.05, 3.63) is 72.3 Å². The van der Waals surface area contributed by atoms with E-state index in [0.29, 0.717) is 35.7 Å². The lowest BCUT2D eigenvalue weighted by atomic mass is 10.1. The zero-order valence-corrected chi connectivity index (χ0v) is 13.5. The van der Waals surface area contributed by atoms with Crippen LogP contribution in [0.15, 0.2) is 61.2 Å². The molecule has 0 aliphatic rings. The predicted octanol–water partition coefficient (Wildman–Crippen LogP) is 3.25. The Morgan fingerprint density at radius 2 is 1.79 bits per heavy atom. The number of carbonyl (C=O) groups is 2. The first kappa shape index (κ1) is 17.3. The highest BCUT2D eigenvalue weighted by atomic mass is 16.5. The summed E-state index contributed by atoms with van der Waals surface area (Å²) in [6.07, 6.45) is 1.60. The summed E-state index contributed by atoms with van der Waals surface area (Å²) in [7, 11) is 0. The zero-order chi connectivity index (χ0) is 17.4. The highest BCUT2D eigenvalue weighted by Crippen LogP contribution is 2.18. The topological polar surface area (TPSA) is 67.4 Å². The minimum absolute atomic E-state index is 0.266. The molecule has 0 atom stereocenters. The van der Waals surface area contributed by atoms with Crippen molar-refractivity contribution in [3.8, 4) is 5.75 Å². The fourth-order valence-corrected chi connectivity index (χ4v) is 2.11. The van der Waals surface area contributed by atoms with Crippen molar-refractivity contribution in [2.24, 2.45) is 0 Å². The lowest BCUT2D eigenvalue weighted by Crippen LogP contribution is -2.25. The molecule has 2 aromatic rings. The van der Waals surface area contributed by atoms with Crippen molar-refractivity contribution >= 4 is 17.5 Å². The van der Waals surface area contributed by atoms with Crippen molar-refractivity contribution < 1.29 is 14.3 Å². The first-order valence-electron chi connectivity index (χ1n) is 7.68. The molecule has 0 saturated carbocycles. The van der Waals surface area contributed by atoms with Crippen LogP contribution in [-0.4, -0.2) is 25.0 Å². The Morgan fingerprint density at radius 3 is 2.46 bits per heavy atom. The van der Waals surface area contributed by atoms with Gasteiger partial charge in [0.15, 0.2) is 0 Å². The van der Waals surface area contributed by atoms with Crippen LogP contribution in [0.4, 0.5) is 5.69 Å². The van der Waals surface area contributed by atoms with E-state index in [9.17, 15) is 9.59 Å². The molecular formula is C19H20N2O3. The van der Waals surface area contributed by atoms with Gasteiger partial charge in [0.2, 0.25) is 0 Å². The lowest BCUT2D eigenvalue weighted by Gasteiger charge is -2.11. The molecule has 0 unspecified atom stereocenters. The van der Waals surface area contributed by atoms with Crippen molar-refractivity contribution in [1.82, 2.24) is 5.32 Å². The Bertz CT molecular complexity index is 724. The summed E-state index contributed by atoms with van der Waals surface area (Å²) in [5, 5.41) is 5.47. The van der Waals surface area contributed by atoms with Gasteiger partial charge in [0, 0.05) is 12.1 Å². The predicted molar refractivity (Wildman–Crippen MR) is 94.5 cm³/mol. The maximum absolute atomic E-state index is 12.4. The van der Waals surface area contributed by atoms with Crippen LogP contribution in [0.25, 0.3) is 0 Å². The van der Waals surface area contributed by atoms with Crippen LogP contribution in [-0.2, 0) is 0 Å². The van der Waals surface area contributed by atoms with Crippen molar-refractivity contribution in [3.63, 3.8) is 0 Å². The molecule has 0 bridgehead atoms. The van der Waals surface area contributed by atoms with E-state index in [4.69, 9.17) is 4.74 Å². The zero-order valence-electron chi connectivity index (χ0n) is 13.5. The number of anilines is 1. The first-order valence-corrected chi connectivity index (χ1v) is 7.68. The molecule has 0 saturated heterocycles. The monoisotopic (exact) mass is 324 g/mol. The van der Waals surface area contributed by atoms with Gasteiger partial charge in [-0.25, -0.2) is 0 Å². The molecule has 0 aromatic heterocycles. The molecule has 2 rings (SSSR count). The molecule has 2 amide bonds. The molecule has 0 heterocycles. The van der Waals surface area contributed by atoms with Gasteiger partial charge in [-0.15, -0.1) is 6.58 Å². The van der Waals surface area contributed by atoms with E-state index >= 15 is 0 Å². The van der Waals surface area contributed by atoms with Gasteiger partial charge in [-0.2, -0.15) is 0 Å². The van der Waals surface area contributed by atoms with Gasteiger partial charge in [0.05, 0.1) is 17.9 Å². The second-order valence-electron chi connectivity index (χ2n) is 4.96. The largest absolute Gasteiger partial charge is 0.494 e. The van der Waals surface area contributed by atoms with Gasteiger partial charge in [-0.3, -0.25) is 9.59 Å². The molecule has 24 heavy (non-hydrogen) atoms. The quantitative estimate of drug-likeness (QED) is 0.768. The molecule has 5 heteroatoms. The summed E-state index contributed by atoms with van der Waals surface area (Å²) < 4.78 is 5.35. The third-order valence-electron chi connectivity index (χ3n) is 3.25. The number of hydrogen-bond acceptors (Lipinski definition) is 3. The van der Waals surface area contributed by atoms with E-state index in [2.05, 4.69) is 17.2 Å². The summed E-state index contributed by atoms with van der Waals surface area (Å²) in [6, 6.07) is 13.7. The molecule has 5 nitrogen and oxygen atoms in total. The second-order valence-corrected chi connectivity index (χ2v) is 4.96. The average Bonchev–Trinajstić information content (AvgIpc) is 2.61. The number of hydrogen-bond donors (Lipinski definition) is 2. The standard InChI is InChI=1S/C19H20N2O3/c1-3-13-20-19(23)16-7-5-6-8-17(16)21-18(22)14-9-11-15(12-10-14)24-4-2/h3,5-12H,1,4,13H2,2H3,(H,20,23)(H,21,22). The highest BCUT2D eigenvalue weighted by molar-refractivity contribution is 6.09. The summed E-state index contributed by atoms with van der Waals surface area (Å²) in [5.41, 5.74) is 1.34. The third-order valence-corrected chi connectivity index (χ3v) is 3.25. The van der Waals surface area contributed by atoms with Gasteiger partial charge in [-0.1, -0.05) is 18.2 Å². The molecule has 0 aliphatic carbocycles. The number of benzene rings is 2. The fourth-order valence-electron chi connectivity index (χ4n) is 2.11. The van der Waals surface area contributed by atoms with Crippen LogP contribution in [0, 0.1) is 0 Å². The number of amides is 2. The van der Waals surface area contributed by atoms with Crippen LogP contribution in [0.3, 0.4) is 0 Å². The normalized spacial score (nSPS) is 9.88. The summed E-state index contributed by atoms with van der Waals surface area (Å²) in [6.45, 7) is 6.39. The SMILES string of the molecule is C=CCNC(=O)c1ccccc1NC(=O)c1ccc(OCC)cc1. The van der Waals surface area contributed by atoms with Gasteiger partial charge < -0.3 is 15.4 Å². The molecule has 2 N–H and O–H groups in total. The highest BCUT2D eigenvalue weighted by Gasteiger charge is 2.13. The molecular weight excluding hydrogens is 304 g/mol. The maximum atomic E-state index is 12.4. The minimum atomic E-state index is -0.290. The van der Waals surface area contributed by atoms with E-state index in [1.165, 1.54) is 0 Å². The second kappa shape index (κ2) is 8.53. The third kappa shape index (κ3) is 4.46. The van der Waals surface area contributed by atoms with E-state index < -0.39 is 0 Å². The fraction of sp³-hybridized carbons (Fsp3) is 0.158. The molecule has 0 fully saturated rings. The Labute approximate surface area is 141 Å². The van der Waals surface area contributed by atoms with Gasteiger partial charge in [0.1, 0.15) is 5.75 Å². The number of carbonyl (C=O) groups excluding carboxylic acids is 2. The average molecular weight is 324 g/mol. The van der Waals surface area contributed by atoms with Crippen molar-refractivity contribution in [1.29, 1.82) is 0 Å². The number of para-hydroxylation sites is 1. The summed E-state index contributed by atoms with van der Waals surface area (Å²) in [4.78, 5) is 24.5. The number of rotatable bonds is 7. The van der Waals surface area contributed by atoms with Gasteiger partial charge in [0.25, 0.3) is 11.8 Å². The lowest BCUT2D eigenvalue weighted by molar-refractivity contribution is 0.0959. The Kier molecular flexibility index (Phi) is 6.14. The molecule has 124 valence electrons. The Balaban J connectivity index is 2.14. The van der Waals surface area contributed by atoms with E-state index in [-0.39, 0.29) is 11.8 Å². The van der Waals surface area contributed by atoms with Crippen LogP contribution in [0.1, 0.15) is 27.6 Å². The first-order chi connectivity index (χ1) is 11.7. The summed E-state index contributed by atoms with van der Waals surface area (Å²) >= 11 is 0. The van der Waals surface area contributed by atoms with Crippen LogP contribution >= 0.6 is 0 Å². The summed E-state index contributed by atoms with van der Waals surface area (Å²) in [5.74, 6) is 0.151. The Morgan fingerprint density at radius 1 is 1.08 bits per heavy atom. The van der Waals surface area contributed by atoms with E-state index in [1.54, 1.807) is 54.6 Å². The van der Waals surface area contributed by atoms with Crippen LogP contribution in [0.2, 0.25) is 0 Å². The minimum Gasteiger partial charge on any atom is -0.494 e. The van der Waals surface area contributed by atoms with Crippen LogP contribution in [0.5, 0.6) is 5.75 Å². The van der Waals surface area contributed by atoms with Crippen LogP contribution < -0.4 is 15.4 Å². The molecule has 0 spiro atoms. The number of nitrogens with one attached hydrogen (secondary N) is 2. The molecule has 0 radical (unpaired) electrons. The van der Waals surface area contributed by atoms with Gasteiger partial charge >= 0.3 is 0 Å². The Hall–Kier alpha value is -3.08. The van der Waals surface area contributed by atoms with E-state index in [0.717, 1.165) is 0 Å². The maximum Gasteiger partial charge on any atom is 0.255 e. The van der Waals surface area contributed by atoms with E-state index in [1.807, 2.05) is 6.92 Å². The van der Waals surface area contributed by atoms with Crippen molar-refractivity contribution in [2.75, 3.05) is 18.5 Å².